The lowest BCUT2D eigenvalue weighted by Crippen LogP contribution is -2.61. The lowest BCUT2D eigenvalue weighted by atomic mass is 9.82. The van der Waals surface area contributed by atoms with Crippen molar-refractivity contribution < 1.29 is 87.5 Å². The van der Waals surface area contributed by atoms with Gasteiger partial charge in [0.25, 0.3) is 5.56 Å². The van der Waals surface area contributed by atoms with Gasteiger partial charge < -0.3 is 90.8 Å². The number of aliphatic hydroxyl groups is 4. The van der Waals surface area contributed by atoms with Crippen LogP contribution in [0.5, 0.6) is 17.2 Å². The van der Waals surface area contributed by atoms with Crippen molar-refractivity contribution >= 4 is 52.4 Å². The number of aryl methyl sites for hydroxylation is 1. The molecule has 1 aliphatic carbocycles. The minimum atomic E-state index is -2.04. The number of benzene rings is 2. The molecular weight excluding hydrogens is 1000 g/mol. The number of aliphatic hydroxyl groups excluding tert-OH is 3. The van der Waals surface area contributed by atoms with E-state index in [1.807, 2.05) is 0 Å². The number of amides is 5. The molecule has 404 valence electrons. The molecule has 2 aromatic heterocycles. The number of nitrogens with zero attached hydrogens (tertiary/aromatic N) is 2. The summed E-state index contributed by atoms with van der Waals surface area (Å²) >= 11 is 0. The predicted octanol–water partition coefficient (Wildman–Crippen LogP) is -3.42. The number of cyclic esters (lactones) is 1. The number of aromatic nitrogens is 2. The quantitative estimate of drug-likeness (QED) is 0.0301. The Bertz CT molecular complexity index is 3100. The summed E-state index contributed by atoms with van der Waals surface area (Å²) in [5.74, 6) is -4.89. The summed E-state index contributed by atoms with van der Waals surface area (Å²) in [7, 11) is 0. The largest absolute Gasteiger partial charge is 0.479 e. The Labute approximate surface area is 429 Å². The minimum Gasteiger partial charge on any atom is -0.479 e. The van der Waals surface area contributed by atoms with E-state index in [-0.39, 0.29) is 49.7 Å². The van der Waals surface area contributed by atoms with Gasteiger partial charge in [0.15, 0.2) is 23.2 Å². The number of carboxylic acids is 1. The van der Waals surface area contributed by atoms with Crippen LogP contribution in [0.4, 0.5) is 0 Å². The summed E-state index contributed by atoms with van der Waals surface area (Å²) in [5, 5.41) is 64.7. The number of esters is 1. The number of carboxylic acid groups (broad SMARTS) is 1. The first-order chi connectivity index (χ1) is 36.3. The van der Waals surface area contributed by atoms with E-state index in [2.05, 4.69) is 26.6 Å². The highest BCUT2D eigenvalue weighted by Crippen LogP contribution is 2.50. The highest BCUT2D eigenvalue weighted by atomic mass is 16.7. The molecule has 2 aromatic carbocycles. The maximum atomic E-state index is 14.1. The number of nitrogens with one attached hydrogen (secondary N) is 5. The zero-order chi connectivity index (χ0) is 54.3. The maximum absolute atomic E-state index is 14.1. The van der Waals surface area contributed by atoms with Gasteiger partial charge in [-0.25, -0.2) is 14.6 Å². The van der Waals surface area contributed by atoms with Gasteiger partial charge in [-0.3, -0.25) is 28.8 Å². The van der Waals surface area contributed by atoms with E-state index in [9.17, 15) is 63.9 Å². The number of ether oxygens (including phenoxy) is 6. The number of rotatable bonds is 18. The zero-order valence-electron chi connectivity index (χ0n) is 40.8. The number of fused-ring (bicyclic) bond motifs is 7. The van der Waals surface area contributed by atoms with Crippen molar-refractivity contribution in [1.29, 1.82) is 0 Å². The van der Waals surface area contributed by atoms with Gasteiger partial charge in [0.2, 0.25) is 42.6 Å². The molecule has 0 unspecified atom stereocenters. The third kappa shape index (κ3) is 10.1. The Hall–Kier alpha value is -7.79. The average molecular weight is 1060 g/mol. The standard InChI is InChI=1S/C49H54N8O19/c1-3-49(70)26-11-30-37-24(16-57(30)45(66)25(26)17-71-48(49)69)36-27(9-8-23-35(36)28(55-37)12-31-41(23)74-19-73-31)56-43(64)20(2)72-18-53-33(59)14-52-44(65)29(54-34(60)15-51-32(58)13-50)10-21-4-6-22(7-5-21)75-47-40(63)38(61)39(62)42(76-47)46(67)68/h4-7,11-12,20,27,29,38-40,42,47,61-63,70H,3,8-10,13-19,50H2,1-2H3,(H,51,58)(H,52,65)(H,53,59)(H,54,60)(H,56,64)(H,67,68)/t20-,27+,29+,38+,39+,40-,42+,47-,49+/m1/s1. The van der Waals surface area contributed by atoms with Gasteiger partial charge in [0, 0.05) is 34.6 Å². The first-order valence-corrected chi connectivity index (χ1v) is 24.2. The van der Waals surface area contributed by atoms with Gasteiger partial charge in [-0.1, -0.05) is 19.1 Å². The Morgan fingerprint density at radius 2 is 1.66 bits per heavy atom. The van der Waals surface area contributed by atoms with Crippen LogP contribution in [-0.4, -0.2) is 153 Å². The molecule has 5 amide bonds. The van der Waals surface area contributed by atoms with Crippen molar-refractivity contribution in [2.24, 2.45) is 5.73 Å². The van der Waals surface area contributed by atoms with Crippen LogP contribution >= 0.6 is 0 Å². The minimum absolute atomic E-state index is 0.000371. The van der Waals surface area contributed by atoms with E-state index in [1.54, 1.807) is 19.1 Å². The molecule has 5 aliphatic rings. The Morgan fingerprint density at radius 1 is 0.908 bits per heavy atom. The van der Waals surface area contributed by atoms with Gasteiger partial charge in [-0.2, -0.15) is 0 Å². The van der Waals surface area contributed by atoms with E-state index >= 15 is 0 Å². The van der Waals surface area contributed by atoms with Crippen LogP contribution in [0.1, 0.15) is 66.1 Å². The third-order valence-electron chi connectivity index (χ3n) is 13.9. The van der Waals surface area contributed by atoms with Crippen LogP contribution in [0, 0.1) is 0 Å². The van der Waals surface area contributed by atoms with Crippen molar-refractivity contribution in [2.45, 2.75) is 107 Å². The van der Waals surface area contributed by atoms with Gasteiger partial charge >= 0.3 is 11.9 Å². The van der Waals surface area contributed by atoms with E-state index in [0.717, 1.165) is 10.9 Å². The molecule has 0 radical (unpaired) electrons. The van der Waals surface area contributed by atoms with Gasteiger partial charge in [-0.15, -0.1) is 0 Å². The number of pyridine rings is 2. The summed E-state index contributed by atoms with van der Waals surface area (Å²) in [6.45, 7) is 0.835. The molecule has 0 saturated carbocycles. The lowest BCUT2D eigenvalue weighted by Gasteiger charge is -2.38. The van der Waals surface area contributed by atoms with E-state index in [0.29, 0.717) is 57.9 Å². The molecule has 9 atom stereocenters. The number of carbonyl (C=O) groups is 7. The van der Waals surface area contributed by atoms with Crippen molar-refractivity contribution in [1.82, 2.24) is 36.1 Å². The molecule has 76 heavy (non-hydrogen) atoms. The molecule has 1 fully saturated rings. The van der Waals surface area contributed by atoms with Crippen molar-refractivity contribution in [2.75, 3.05) is 33.2 Å². The molecule has 27 nitrogen and oxygen atoms in total. The molecule has 27 heteroatoms. The van der Waals surface area contributed by atoms with E-state index in [4.69, 9.17) is 39.1 Å². The van der Waals surface area contributed by atoms with Crippen LogP contribution in [0.25, 0.3) is 22.3 Å². The number of hydrogen-bond donors (Lipinski definition) is 11. The fourth-order valence-corrected chi connectivity index (χ4v) is 9.83. The summed E-state index contributed by atoms with van der Waals surface area (Å²) in [6.07, 6.45) is -9.73. The average Bonchev–Trinajstić information content (AvgIpc) is 4.22. The molecule has 6 heterocycles. The second-order valence-electron chi connectivity index (χ2n) is 18.6. The normalized spacial score (nSPS) is 23.4. The lowest BCUT2D eigenvalue weighted by molar-refractivity contribution is -0.271. The van der Waals surface area contributed by atoms with Gasteiger partial charge in [0.1, 0.15) is 49.5 Å². The van der Waals surface area contributed by atoms with Gasteiger partial charge in [-0.05, 0) is 55.5 Å². The molecule has 4 aromatic rings. The Kier molecular flexibility index (Phi) is 15.0. The van der Waals surface area contributed by atoms with Crippen molar-refractivity contribution in [3.05, 3.63) is 80.1 Å². The fourth-order valence-electron chi connectivity index (χ4n) is 9.83. The van der Waals surface area contributed by atoms with Gasteiger partial charge in [0.05, 0.1) is 54.7 Å². The first kappa shape index (κ1) is 53.1. The van der Waals surface area contributed by atoms with Crippen LogP contribution in [-0.2, 0) is 79.4 Å². The maximum Gasteiger partial charge on any atom is 0.343 e. The fraction of sp³-hybridized carbons (Fsp3) is 0.449. The highest BCUT2D eigenvalue weighted by molar-refractivity contribution is 5.96. The highest BCUT2D eigenvalue weighted by Gasteiger charge is 2.49. The topological polar surface area (TPSA) is 397 Å². The van der Waals surface area contributed by atoms with Crippen LogP contribution in [0.15, 0.2) is 41.2 Å². The molecule has 4 aliphatic heterocycles. The number of hydrogen-bond acceptors (Lipinski definition) is 20. The summed E-state index contributed by atoms with van der Waals surface area (Å²) in [5.41, 5.74) is 7.01. The molecule has 1 saturated heterocycles. The molecule has 0 bridgehead atoms. The van der Waals surface area contributed by atoms with Crippen LogP contribution < -0.4 is 52.1 Å². The summed E-state index contributed by atoms with van der Waals surface area (Å²) < 4.78 is 34.8. The van der Waals surface area contributed by atoms with E-state index in [1.165, 1.54) is 35.8 Å². The SMILES string of the molecule is CC[C@@]1(O)C(=O)OCc2c1cc1n(c2=O)Cc2c-1nc1cc3c(c4c1c2[C@@H](NC(=O)[C@@H](C)OCNC(=O)CNC(=O)[C@H](Cc1ccc(O[C@@H]2O[C@H](C(=O)O)[C@@H](O)[C@H](O)[C@H]2O)cc1)NC(=O)CNC(=O)CN)CC4)OCO3. The smallest absolute Gasteiger partial charge is 0.343 e. The first-order valence-electron chi connectivity index (χ1n) is 24.2. The van der Waals surface area contributed by atoms with E-state index < -0.39 is 128 Å². The Morgan fingerprint density at radius 3 is 2.38 bits per heavy atom. The molecular formula is C49H54N8O19. The molecule has 9 rings (SSSR count). The van der Waals surface area contributed by atoms with Crippen LogP contribution in [0.3, 0.4) is 0 Å². The zero-order valence-corrected chi connectivity index (χ0v) is 40.8. The number of nitrogens with two attached hydrogens (primary N) is 1. The Balaban J connectivity index is 0.834. The molecule has 12 N–H and O–H groups in total. The summed E-state index contributed by atoms with van der Waals surface area (Å²) in [6, 6.07) is 7.04. The second kappa shape index (κ2) is 21.4. The number of aliphatic carboxylic acids is 1. The van der Waals surface area contributed by atoms with Crippen molar-refractivity contribution in [3.8, 4) is 28.6 Å². The predicted molar refractivity (Wildman–Crippen MR) is 256 cm³/mol. The second-order valence-corrected chi connectivity index (χ2v) is 18.6. The van der Waals surface area contributed by atoms with Crippen molar-refractivity contribution in [3.63, 3.8) is 0 Å². The monoisotopic (exact) mass is 1060 g/mol. The number of carbonyl (C=O) groups excluding carboxylic acids is 6. The molecule has 0 spiro atoms. The van der Waals surface area contributed by atoms with Crippen LogP contribution in [0.2, 0.25) is 0 Å². The summed E-state index contributed by atoms with van der Waals surface area (Å²) in [4.78, 5) is 108. The third-order valence-corrected chi connectivity index (χ3v) is 13.9.